The van der Waals surface area contributed by atoms with Crippen molar-refractivity contribution in [2.24, 2.45) is 0 Å². The number of aliphatic hydroxyl groups is 4. The number of hydrogen-bond acceptors (Lipinski definition) is 9. The van der Waals surface area contributed by atoms with Crippen LogP contribution >= 0.6 is 0 Å². The van der Waals surface area contributed by atoms with Crippen LogP contribution in [0, 0.1) is 0 Å². The minimum atomic E-state index is -1.53. The summed E-state index contributed by atoms with van der Waals surface area (Å²) in [5, 5.41) is 39.7. The van der Waals surface area contributed by atoms with Gasteiger partial charge in [-0.1, -0.05) is 102 Å². The summed E-state index contributed by atoms with van der Waals surface area (Å²) in [6, 6.07) is 0. The van der Waals surface area contributed by atoms with Crippen molar-refractivity contribution in [1.82, 2.24) is 0 Å². The SMILES string of the molecule is CCC/C=C\C/C=C\CCCCCCCC(=O)OC(COCCCCCCCCC)COC1OC(CO)C(O)C(O)C1O. The van der Waals surface area contributed by atoms with Gasteiger partial charge in [-0.05, 0) is 38.5 Å². The predicted molar refractivity (Wildman–Crippen MR) is 169 cm³/mol. The van der Waals surface area contributed by atoms with E-state index < -0.39 is 43.4 Å². The fourth-order valence-electron chi connectivity index (χ4n) is 4.88. The van der Waals surface area contributed by atoms with Crippen LogP contribution in [0.2, 0.25) is 0 Å². The highest BCUT2D eigenvalue weighted by Crippen LogP contribution is 2.22. The maximum Gasteiger partial charge on any atom is 0.306 e. The molecule has 1 fully saturated rings. The van der Waals surface area contributed by atoms with E-state index in [2.05, 4.69) is 38.2 Å². The Hall–Kier alpha value is -1.33. The first-order valence-corrected chi connectivity index (χ1v) is 16.9. The summed E-state index contributed by atoms with van der Waals surface area (Å²) in [5.74, 6) is -0.332. The number of carbonyl (C=O) groups is 1. The number of allylic oxidation sites excluding steroid dienone is 4. The molecule has 43 heavy (non-hydrogen) atoms. The van der Waals surface area contributed by atoms with Crippen molar-refractivity contribution in [2.45, 2.75) is 160 Å². The number of esters is 1. The van der Waals surface area contributed by atoms with Gasteiger partial charge in [-0.25, -0.2) is 0 Å². The number of unbranched alkanes of at least 4 members (excludes halogenated alkanes) is 12. The molecule has 0 aromatic heterocycles. The average Bonchev–Trinajstić information content (AvgIpc) is 3.00. The molecule has 0 spiro atoms. The van der Waals surface area contributed by atoms with E-state index in [1.165, 1.54) is 38.5 Å². The quantitative estimate of drug-likeness (QED) is 0.0536. The molecular weight excluding hydrogens is 552 g/mol. The second-order valence-corrected chi connectivity index (χ2v) is 11.6. The number of hydrogen-bond donors (Lipinski definition) is 4. The van der Waals surface area contributed by atoms with Crippen molar-refractivity contribution in [3.05, 3.63) is 24.3 Å². The summed E-state index contributed by atoms with van der Waals surface area (Å²) >= 11 is 0. The zero-order valence-corrected chi connectivity index (χ0v) is 27.0. The second kappa shape index (κ2) is 27.0. The third kappa shape index (κ3) is 19.6. The number of rotatable bonds is 27. The molecule has 1 rings (SSSR count). The topological polar surface area (TPSA) is 135 Å². The van der Waals surface area contributed by atoms with Crippen molar-refractivity contribution >= 4 is 5.97 Å². The van der Waals surface area contributed by atoms with Gasteiger partial charge in [0.25, 0.3) is 0 Å². The summed E-state index contributed by atoms with van der Waals surface area (Å²) in [6.07, 6.45) is 19.3. The maximum absolute atomic E-state index is 12.6. The molecule has 6 unspecified atom stereocenters. The highest BCUT2D eigenvalue weighted by atomic mass is 16.7. The van der Waals surface area contributed by atoms with E-state index in [0.29, 0.717) is 13.0 Å². The fraction of sp³-hybridized carbons (Fsp3) is 0.853. The van der Waals surface area contributed by atoms with Gasteiger partial charge in [0.05, 0.1) is 19.8 Å². The molecule has 0 aliphatic carbocycles. The highest BCUT2D eigenvalue weighted by Gasteiger charge is 2.44. The van der Waals surface area contributed by atoms with Crippen molar-refractivity contribution in [2.75, 3.05) is 26.4 Å². The largest absolute Gasteiger partial charge is 0.457 e. The first kappa shape index (κ1) is 39.7. The second-order valence-electron chi connectivity index (χ2n) is 11.6. The predicted octanol–water partition coefficient (Wildman–Crippen LogP) is 5.52. The lowest BCUT2D eigenvalue weighted by molar-refractivity contribution is -0.305. The van der Waals surface area contributed by atoms with Gasteiger partial charge in [-0.2, -0.15) is 0 Å². The molecule has 0 aromatic rings. The van der Waals surface area contributed by atoms with E-state index in [4.69, 9.17) is 18.9 Å². The molecule has 0 amide bonds. The fourth-order valence-corrected chi connectivity index (χ4v) is 4.88. The Labute approximate surface area is 260 Å². The first-order valence-electron chi connectivity index (χ1n) is 16.9. The molecule has 1 heterocycles. The molecule has 9 heteroatoms. The van der Waals surface area contributed by atoms with Gasteiger partial charge in [0.15, 0.2) is 6.29 Å². The van der Waals surface area contributed by atoms with E-state index in [-0.39, 0.29) is 19.2 Å². The van der Waals surface area contributed by atoms with Crippen LogP contribution in [0.3, 0.4) is 0 Å². The summed E-state index contributed by atoms with van der Waals surface area (Å²) in [6.45, 7) is 4.41. The molecule has 0 aromatic carbocycles. The van der Waals surface area contributed by atoms with Crippen LogP contribution in [0.4, 0.5) is 0 Å². The van der Waals surface area contributed by atoms with Crippen LogP contribution in [0.15, 0.2) is 24.3 Å². The van der Waals surface area contributed by atoms with Crippen molar-refractivity contribution in [3.63, 3.8) is 0 Å². The minimum absolute atomic E-state index is 0.118. The Morgan fingerprint density at radius 3 is 2.09 bits per heavy atom. The molecule has 0 bridgehead atoms. The normalized spacial score (nSPS) is 23.3. The molecule has 0 radical (unpaired) electrons. The maximum atomic E-state index is 12.6. The molecular formula is C34H62O9. The Morgan fingerprint density at radius 1 is 0.744 bits per heavy atom. The lowest BCUT2D eigenvalue weighted by Gasteiger charge is -2.39. The molecule has 1 saturated heterocycles. The zero-order chi connectivity index (χ0) is 31.5. The summed E-state index contributed by atoms with van der Waals surface area (Å²) in [5.41, 5.74) is 0. The third-order valence-corrected chi connectivity index (χ3v) is 7.60. The standard InChI is InChI=1S/C34H62O9/c1-3-5-7-9-11-12-13-14-15-16-17-19-21-23-30(36)42-28(26-40-24-22-20-18-10-8-6-4-2)27-41-34-33(39)32(38)31(37)29(25-35)43-34/h7,9,12-13,28-29,31-35,37-39H,3-6,8,10-11,14-27H2,1-2H3/b9-7-,13-12-. The van der Waals surface area contributed by atoms with Crippen molar-refractivity contribution < 1.29 is 44.2 Å². The minimum Gasteiger partial charge on any atom is -0.457 e. The number of aliphatic hydroxyl groups excluding tert-OH is 4. The molecule has 9 nitrogen and oxygen atoms in total. The van der Waals surface area contributed by atoms with E-state index in [1.54, 1.807) is 0 Å². The first-order chi connectivity index (χ1) is 20.9. The van der Waals surface area contributed by atoms with Gasteiger partial charge >= 0.3 is 5.97 Å². The van der Waals surface area contributed by atoms with Crippen molar-refractivity contribution in [1.29, 1.82) is 0 Å². The van der Waals surface area contributed by atoms with Gasteiger partial charge in [-0.3, -0.25) is 4.79 Å². The van der Waals surface area contributed by atoms with Crippen LogP contribution in [0.5, 0.6) is 0 Å². The number of ether oxygens (including phenoxy) is 4. The smallest absolute Gasteiger partial charge is 0.306 e. The summed E-state index contributed by atoms with van der Waals surface area (Å²) < 4.78 is 22.5. The average molecular weight is 615 g/mol. The van der Waals surface area contributed by atoms with Crippen LogP contribution < -0.4 is 0 Å². The van der Waals surface area contributed by atoms with E-state index in [1.807, 2.05) is 0 Å². The molecule has 252 valence electrons. The Kier molecular flexibility index (Phi) is 24.9. The van der Waals surface area contributed by atoms with Gasteiger partial charge in [0.2, 0.25) is 0 Å². The molecule has 1 aliphatic heterocycles. The van der Waals surface area contributed by atoms with Crippen LogP contribution in [-0.4, -0.2) is 89.6 Å². The van der Waals surface area contributed by atoms with Crippen LogP contribution in [0.25, 0.3) is 0 Å². The van der Waals surface area contributed by atoms with E-state index in [9.17, 15) is 25.2 Å². The summed E-state index contributed by atoms with van der Waals surface area (Å²) in [7, 11) is 0. The monoisotopic (exact) mass is 614 g/mol. The van der Waals surface area contributed by atoms with E-state index >= 15 is 0 Å². The van der Waals surface area contributed by atoms with Gasteiger partial charge in [0.1, 0.15) is 30.5 Å². The Morgan fingerprint density at radius 2 is 1.40 bits per heavy atom. The molecule has 0 saturated carbocycles. The molecule has 1 aliphatic rings. The molecule has 6 atom stereocenters. The van der Waals surface area contributed by atoms with Crippen molar-refractivity contribution in [3.8, 4) is 0 Å². The van der Waals surface area contributed by atoms with Gasteiger partial charge < -0.3 is 39.4 Å². The highest BCUT2D eigenvalue weighted by molar-refractivity contribution is 5.69. The Bertz CT molecular complexity index is 712. The Balaban J connectivity index is 2.38. The van der Waals surface area contributed by atoms with Crippen LogP contribution in [-0.2, 0) is 23.7 Å². The van der Waals surface area contributed by atoms with Gasteiger partial charge in [0, 0.05) is 13.0 Å². The van der Waals surface area contributed by atoms with E-state index in [0.717, 1.165) is 64.2 Å². The summed E-state index contributed by atoms with van der Waals surface area (Å²) in [4.78, 5) is 12.6. The van der Waals surface area contributed by atoms with Gasteiger partial charge in [-0.15, -0.1) is 0 Å². The third-order valence-electron chi connectivity index (χ3n) is 7.60. The number of carbonyl (C=O) groups excluding carboxylic acids is 1. The lowest BCUT2D eigenvalue weighted by atomic mass is 9.99. The van der Waals surface area contributed by atoms with Crippen LogP contribution in [0.1, 0.15) is 123 Å². The molecule has 4 N–H and O–H groups in total. The zero-order valence-electron chi connectivity index (χ0n) is 27.0. The lowest BCUT2D eigenvalue weighted by Crippen LogP contribution is -2.59.